The fourth-order valence-electron chi connectivity index (χ4n) is 2.52. The maximum absolute atomic E-state index is 12.8. The number of hydrogen-bond acceptors (Lipinski definition) is 4. The average molecular weight is 363 g/mol. The van der Waals surface area contributed by atoms with E-state index < -0.39 is 16.1 Å². The maximum Gasteiger partial charge on any atom is 0.244 e. The predicted octanol–water partition coefficient (Wildman–Crippen LogP) is 1.13. The van der Waals surface area contributed by atoms with Gasteiger partial charge in [0, 0.05) is 23.6 Å². The van der Waals surface area contributed by atoms with Crippen molar-refractivity contribution in [3.05, 3.63) is 28.7 Å². The van der Waals surface area contributed by atoms with E-state index in [1.54, 1.807) is 24.3 Å². The van der Waals surface area contributed by atoms with E-state index in [2.05, 4.69) is 15.9 Å². The Balaban J connectivity index is 2.35. The van der Waals surface area contributed by atoms with E-state index in [0.717, 1.165) is 0 Å². The number of nitrogens with zero attached hydrogens (tertiary/aromatic N) is 2. The number of halogens is 1. The quantitative estimate of drug-likeness (QED) is 0.872. The molecular formula is C13H19BrN2O3S. The lowest BCUT2D eigenvalue weighted by molar-refractivity contribution is 0.188. The van der Waals surface area contributed by atoms with Crippen LogP contribution in [0.2, 0.25) is 0 Å². The Hall–Kier alpha value is -0.470. The summed E-state index contributed by atoms with van der Waals surface area (Å²) in [6, 6.07) is 6.57. The van der Waals surface area contributed by atoms with Gasteiger partial charge in [-0.1, -0.05) is 12.1 Å². The lowest BCUT2D eigenvalue weighted by Gasteiger charge is -2.26. The van der Waals surface area contributed by atoms with Crippen molar-refractivity contribution in [1.82, 2.24) is 9.21 Å². The van der Waals surface area contributed by atoms with Gasteiger partial charge in [-0.2, -0.15) is 4.31 Å². The Kier molecular flexibility index (Phi) is 4.86. The molecule has 2 atom stereocenters. The molecule has 112 valence electrons. The third-order valence-electron chi connectivity index (χ3n) is 3.34. The number of benzene rings is 1. The molecule has 0 aromatic heterocycles. The van der Waals surface area contributed by atoms with Crippen LogP contribution in [0.4, 0.5) is 0 Å². The third kappa shape index (κ3) is 3.23. The average Bonchev–Trinajstić information content (AvgIpc) is 2.70. The fraction of sp³-hybridized carbons (Fsp3) is 0.538. The van der Waals surface area contributed by atoms with Gasteiger partial charge in [0.1, 0.15) is 0 Å². The van der Waals surface area contributed by atoms with Crippen LogP contribution in [0.5, 0.6) is 0 Å². The van der Waals surface area contributed by atoms with E-state index in [9.17, 15) is 13.5 Å². The highest BCUT2D eigenvalue weighted by atomic mass is 79.9. The number of β-amino-alcohol motifs (C(OH)–C–C–N with tert-alkyl or cyclic N) is 1. The molecule has 0 bridgehead atoms. The van der Waals surface area contributed by atoms with Crippen molar-refractivity contribution in [2.24, 2.45) is 0 Å². The Labute approximate surface area is 128 Å². The highest BCUT2D eigenvalue weighted by Crippen LogP contribution is 2.30. The molecule has 20 heavy (non-hydrogen) atoms. The molecule has 1 saturated heterocycles. The molecule has 1 heterocycles. The molecule has 1 aliphatic rings. The summed E-state index contributed by atoms with van der Waals surface area (Å²) in [5.74, 6) is 0. The van der Waals surface area contributed by atoms with Gasteiger partial charge in [-0.15, -0.1) is 0 Å². The standard InChI is InChI=1S/C13H19BrN2O3S/c1-15(2)8-10-7-11(17)9-16(10)20(18,19)13-6-4-3-5-12(13)14/h3-6,10-11,17H,7-9H2,1-2H3. The maximum atomic E-state index is 12.8. The van der Waals surface area contributed by atoms with Crippen LogP contribution < -0.4 is 0 Å². The fourth-order valence-corrected chi connectivity index (χ4v) is 5.15. The van der Waals surface area contributed by atoms with Gasteiger partial charge in [-0.05, 0) is 48.6 Å². The minimum Gasteiger partial charge on any atom is -0.392 e. The molecule has 0 aliphatic carbocycles. The Bertz CT molecular complexity index is 577. The van der Waals surface area contributed by atoms with Crippen molar-refractivity contribution in [3.8, 4) is 0 Å². The number of hydrogen-bond donors (Lipinski definition) is 1. The monoisotopic (exact) mass is 362 g/mol. The van der Waals surface area contributed by atoms with Gasteiger partial charge in [0.05, 0.1) is 11.0 Å². The lowest BCUT2D eigenvalue weighted by atomic mass is 10.2. The molecule has 5 nitrogen and oxygen atoms in total. The van der Waals surface area contributed by atoms with E-state index in [-0.39, 0.29) is 17.5 Å². The van der Waals surface area contributed by atoms with Crippen LogP contribution in [0.25, 0.3) is 0 Å². The summed E-state index contributed by atoms with van der Waals surface area (Å²) in [5.41, 5.74) is 0. The zero-order valence-electron chi connectivity index (χ0n) is 11.5. The summed E-state index contributed by atoms with van der Waals surface area (Å²) in [5, 5.41) is 9.83. The Morgan fingerprint density at radius 3 is 2.65 bits per heavy atom. The van der Waals surface area contributed by atoms with Crippen LogP contribution in [0.15, 0.2) is 33.6 Å². The number of aliphatic hydroxyl groups is 1. The van der Waals surface area contributed by atoms with E-state index >= 15 is 0 Å². The molecule has 1 aromatic carbocycles. The van der Waals surface area contributed by atoms with E-state index in [1.807, 2.05) is 19.0 Å². The number of likely N-dealkylation sites (N-methyl/N-ethyl adjacent to an activating group) is 1. The number of aliphatic hydroxyl groups excluding tert-OH is 1. The first-order chi connectivity index (χ1) is 9.32. The van der Waals surface area contributed by atoms with Crippen LogP contribution in [-0.4, -0.2) is 62.1 Å². The van der Waals surface area contributed by atoms with Gasteiger partial charge in [0.2, 0.25) is 10.0 Å². The van der Waals surface area contributed by atoms with Gasteiger partial charge in [-0.3, -0.25) is 0 Å². The van der Waals surface area contributed by atoms with Crippen molar-refractivity contribution in [1.29, 1.82) is 0 Å². The molecular weight excluding hydrogens is 344 g/mol. The first-order valence-electron chi connectivity index (χ1n) is 6.41. The number of sulfonamides is 1. The number of rotatable bonds is 4. The normalized spacial score (nSPS) is 24.4. The molecule has 0 saturated carbocycles. The van der Waals surface area contributed by atoms with Gasteiger partial charge in [0.15, 0.2) is 0 Å². The second kappa shape index (κ2) is 6.11. The second-order valence-corrected chi connectivity index (χ2v) is 8.02. The van der Waals surface area contributed by atoms with Crippen LogP contribution in [0, 0.1) is 0 Å². The summed E-state index contributed by atoms with van der Waals surface area (Å²) in [6.45, 7) is 0.753. The molecule has 2 rings (SSSR count). The minimum absolute atomic E-state index is 0.155. The molecule has 1 fully saturated rings. The highest BCUT2D eigenvalue weighted by molar-refractivity contribution is 9.10. The second-order valence-electron chi connectivity index (χ2n) is 5.31. The SMILES string of the molecule is CN(C)CC1CC(O)CN1S(=O)(=O)c1ccccc1Br. The van der Waals surface area contributed by atoms with Gasteiger partial charge < -0.3 is 10.0 Å². The van der Waals surface area contributed by atoms with E-state index in [0.29, 0.717) is 17.4 Å². The van der Waals surface area contributed by atoms with Crippen LogP contribution in [-0.2, 0) is 10.0 Å². The summed E-state index contributed by atoms with van der Waals surface area (Å²) < 4.78 is 27.5. The summed E-state index contributed by atoms with van der Waals surface area (Å²) in [7, 11) is 0.196. The van der Waals surface area contributed by atoms with E-state index in [4.69, 9.17) is 0 Å². The largest absolute Gasteiger partial charge is 0.392 e. The Morgan fingerprint density at radius 2 is 2.05 bits per heavy atom. The van der Waals surface area contributed by atoms with Crippen LogP contribution in [0.1, 0.15) is 6.42 Å². The topological polar surface area (TPSA) is 60.9 Å². The van der Waals surface area contributed by atoms with Crippen molar-refractivity contribution >= 4 is 26.0 Å². The van der Waals surface area contributed by atoms with Crippen molar-refractivity contribution in [3.63, 3.8) is 0 Å². The molecule has 1 aliphatic heterocycles. The highest BCUT2D eigenvalue weighted by Gasteiger charge is 2.40. The van der Waals surface area contributed by atoms with Gasteiger partial charge in [-0.25, -0.2) is 8.42 Å². The van der Waals surface area contributed by atoms with Crippen molar-refractivity contribution in [2.75, 3.05) is 27.2 Å². The molecule has 0 radical (unpaired) electrons. The smallest absolute Gasteiger partial charge is 0.244 e. The first kappa shape index (κ1) is 15.9. The van der Waals surface area contributed by atoms with Gasteiger partial charge in [0.25, 0.3) is 0 Å². The molecule has 7 heteroatoms. The molecule has 0 amide bonds. The molecule has 2 unspecified atom stereocenters. The zero-order valence-corrected chi connectivity index (χ0v) is 13.9. The Morgan fingerprint density at radius 1 is 1.40 bits per heavy atom. The first-order valence-corrected chi connectivity index (χ1v) is 8.65. The van der Waals surface area contributed by atoms with Gasteiger partial charge >= 0.3 is 0 Å². The summed E-state index contributed by atoms with van der Waals surface area (Å²) in [6.07, 6.45) is -0.126. The predicted molar refractivity (Wildman–Crippen MR) is 81.0 cm³/mol. The molecule has 0 spiro atoms. The minimum atomic E-state index is -3.60. The zero-order chi connectivity index (χ0) is 14.9. The van der Waals surface area contributed by atoms with E-state index in [1.165, 1.54) is 4.31 Å². The molecule has 1 aromatic rings. The van der Waals surface area contributed by atoms with Crippen LogP contribution in [0.3, 0.4) is 0 Å². The van der Waals surface area contributed by atoms with Crippen molar-refractivity contribution < 1.29 is 13.5 Å². The summed E-state index contributed by atoms with van der Waals surface area (Å²) in [4.78, 5) is 2.18. The van der Waals surface area contributed by atoms with Crippen molar-refractivity contribution in [2.45, 2.75) is 23.5 Å². The lowest BCUT2D eigenvalue weighted by Crippen LogP contribution is -2.41. The summed E-state index contributed by atoms with van der Waals surface area (Å²) >= 11 is 3.29. The third-order valence-corrected chi connectivity index (χ3v) is 6.27. The molecule has 1 N–H and O–H groups in total. The van der Waals surface area contributed by atoms with Crippen LogP contribution >= 0.6 is 15.9 Å².